The normalized spacial score (nSPS) is 25.6. The highest BCUT2D eigenvalue weighted by molar-refractivity contribution is 5.97. The molecule has 2 aliphatic rings. The van der Waals surface area contributed by atoms with Crippen LogP contribution in [0, 0.1) is 6.92 Å². The third-order valence-corrected chi connectivity index (χ3v) is 5.34. The lowest BCUT2D eigenvalue weighted by Crippen LogP contribution is -2.47. The summed E-state index contributed by atoms with van der Waals surface area (Å²) in [6.07, 6.45) is 6.22. The summed E-state index contributed by atoms with van der Waals surface area (Å²) >= 11 is 0. The van der Waals surface area contributed by atoms with E-state index >= 15 is 0 Å². The lowest BCUT2D eigenvalue weighted by molar-refractivity contribution is 0.0664. The molecule has 6 nitrogen and oxygen atoms in total. The highest BCUT2D eigenvalue weighted by atomic mass is 16.5. The lowest BCUT2D eigenvalue weighted by Gasteiger charge is -2.33. The fourth-order valence-electron chi connectivity index (χ4n) is 4.09. The first-order valence-corrected chi connectivity index (χ1v) is 8.38. The first-order chi connectivity index (χ1) is 11.1. The SMILES string of the molecule is Cc1noc2ncc(C(=O)N3CCCC3C3CCCN3C)cc12. The Morgan fingerprint density at radius 3 is 2.83 bits per heavy atom. The molecule has 0 bridgehead atoms. The van der Waals surface area contributed by atoms with Crippen molar-refractivity contribution in [3.05, 3.63) is 23.5 Å². The fourth-order valence-corrected chi connectivity index (χ4v) is 4.09. The van der Waals surface area contributed by atoms with Crippen LogP contribution < -0.4 is 0 Å². The van der Waals surface area contributed by atoms with Crippen LogP contribution in [0.15, 0.2) is 16.8 Å². The van der Waals surface area contributed by atoms with Crippen LogP contribution in [0.5, 0.6) is 0 Å². The summed E-state index contributed by atoms with van der Waals surface area (Å²) in [6.45, 7) is 3.85. The van der Waals surface area contributed by atoms with Gasteiger partial charge in [0.05, 0.1) is 16.6 Å². The summed E-state index contributed by atoms with van der Waals surface area (Å²) in [7, 11) is 2.17. The van der Waals surface area contributed by atoms with Crippen LogP contribution in [0.1, 0.15) is 41.7 Å². The number of carbonyl (C=O) groups excluding carboxylic acids is 1. The summed E-state index contributed by atoms with van der Waals surface area (Å²) in [4.78, 5) is 21.7. The molecule has 2 unspecified atom stereocenters. The molecule has 2 fully saturated rings. The Balaban J connectivity index is 1.62. The number of nitrogens with zero attached hydrogens (tertiary/aromatic N) is 4. The van der Waals surface area contributed by atoms with E-state index in [0.29, 0.717) is 23.4 Å². The standard InChI is InChI=1S/C17H22N4O2/c1-11-13-9-12(10-18-16(13)23-19-11)17(22)21-8-4-6-15(21)14-5-3-7-20(14)2/h9-10,14-15H,3-8H2,1-2H3. The van der Waals surface area contributed by atoms with Gasteiger partial charge in [-0.05, 0) is 52.3 Å². The van der Waals surface area contributed by atoms with Crippen LogP contribution >= 0.6 is 0 Å². The Kier molecular flexibility index (Phi) is 3.56. The summed E-state index contributed by atoms with van der Waals surface area (Å²) in [5, 5.41) is 4.74. The number of likely N-dealkylation sites (tertiary alicyclic amines) is 2. The molecule has 0 saturated carbocycles. The summed E-state index contributed by atoms with van der Waals surface area (Å²) in [5.41, 5.74) is 1.90. The van der Waals surface area contributed by atoms with Crippen molar-refractivity contribution < 1.29 is 9.32 Å². The molecular weight excluding hydrogens is 292 g/mol. The van der Waals surface area contributed by atoms with Crippen molar-refractivity contribution in [1.29, 1.82) is 0 Å². The second-order valence-electron chi connectivity index (χ2n) is 6.74. The van der Waals surface area contributed by atoms with Gasteiger partial charge < -0.3 is 14.3 Å². The van der Waals surface area contributed by atoms with Gasteiger partial charge in [-0.1, -0.05) is 5.16 Å². The number of carbonyl (C=O) groups is 1. The Labute approximate surface area is 135 Å². The van der Waals surface area contributed by atoms with E-state index in [9.17, 15) is 4.79 Å². The molecule has 2 aliphatic heterocycles. The van der Waals surface area contributed by atoms with E-state index in [4.69, 9.17) is 4.52 Å². The smallest absolute Gasteiger partial charge is 0.257 e. The van der Waals surface area contributed by atoms with Crippen molar-refractivity contribution in [2.24, 2.45) is 0 Å². The van der Waals surface area contributed by atoms with E-state index in [1.165, 1.54) is 12.8 Å². The first kappa shape index (κ1) is 14.6. The van der Waals surface area contributed by atoms with Gasteiger partial charge in [-0.3, -0.25) is 4.79 Å². The van der Waals surface area contributed by atoms with Crippen molar-refractivity contribution in [3.63, 3.8) is 0 Å². The Morgan fingerprint density at radius 2 is 2.04 bits per heavy atom. The van der Waals surface area contributed by atoms with Crippen LogP contribution in [0.25, 0.3) is 11.1 Å². The van der Waals surface area contributed by atoms with Crippen molar-refractivity contribution in [2.45, 2.75) is 44.7 Å². The Hall–Kier alpha value is -1.95. The quantitative estimate of drug-likeness (QED) is 0.850. The molecule has 0 N–H and O–H groups in total. The van der Waals surface area contributed by atoms with Gasteiger partial charge in [0.25, 0.3) is 11.6 Å². The number of aryl methyl sites for hydroxylation is 1. The van der Waals surface area contributed by atoms with Gasteiger partial charge in [0.15, 0.2) is 0 Å². The van der Waals surface area contributed by atoms with E-state index in [0.717, 1.165) is 37.0 Å². The minimum Gasteiger partial charge on any atom is -0.336 e. The molecular formula is C17H22N4O2. The van der Waals surface area contributed by atoms with Crippen LogP contribution in [-0.4, -0.2) is 58.1 Å². The molecule has 2 saturated heterocycles. The number of rotatable bonds is 2. The van der Waals surface area contributed by atoms with Crippen molar-refractivity contribution >= 4 is 17.0 Å². The summed E-state index contributed by atoms with van der Waals surface area (Å²) in [5.74, 6) is 0.0859. The van der Waals surface area contributed by atoms with Gasteiger partial charge in [0.2, 0.25) is 0 Å². The predicted octanol–water partition coefficient (Wildman–Crippen LogP) is 2.23. The molecule has 0 spiro atoms. The molecule has 1 amide bonds. The predicted molar refractivity (Wildman–Crippen MR) is 86.3 cm³/mol. The van der Waals surface area contributed by atoms with Gasteiger partial charge in [0.1, 0.15) is 0 Å². The Bertz CT molecular complexity index is 741. The van der Waals surface area contributed by atoms with Gasteiger partial charge in [-0.25, -0.2) is 4.98 Å². The average molecular weight is 314 g/mol. The second-order valence-corrected chi connectivity index (χ2v) is 6.74. The van der Waals surface area contributed by atoms with E-state index in [-0.39, 0.29) is 5.91 Å². The number of pyridine rings is 1. The third kappa shape index (κ3) is 2.41. The van der Waals surface area contributed by atoms with Crippen LogP contribution in [0.3, 0.4) is 0 Å². The zero-order valence-corrected chi connectivity index (χ0v) is 13.7. The third-order valence-electron chi connectivity index (χ3n) is 5.34. The minimum atomic E-state index is 0.0859. The molecule has 122 valence electrons. The van der Waals surface area contributed by atoms with Crippen molar-refractivity contribution in [3.8, 4) is 0 Å². The van der Waals surface area contributed by atoms with Crippen molar-refractivity contribution in [1.82, 2.24) is 19.9 Å². The highest BCUT2D eigenvalue weighted by Gasteiger charge is 2.38. The molecule has 4 rings (SSSR count). The molecule has 2 aromatic heterocycles. The maximum Gasteiger partial charge on any atom is 0.257 e. The lowest BCUT2D eigenvalue weighted by atomic mass is 10.0. The zero-order valence-electron chi connectivity index (χ0n) is 13.7. The molecule has 0 radical (unpaired) electrons. The second kappa shape index (κ2) is 5.60. The maximum absolute atomic E-state index is 13.0. The van der Waals surface area contributed by atoms with Gasteiger partial charge in [-0.2, -0.15) is 0 Å². The van der Waals surface area contributed by atoms with Gasteiger partial charge in [-0.15, -0.1) is 0 Å². The molecule has 6 heteroatoms. The first-order valence-electron chi connectivity index (χ1n) is 8.38. The topological polar surface area (TPSA) is 62.5 Å². The molecule has 2 atom stereocenters. The Morgan fingerprint density at radius 1 is 1.26 bits per heavy atom. The van der Waals surface area contributed by atoms with E-state index in [1.807, 2.05) is 13.0 Å². The van der Waals surface area contributed by atoms with Crippen LogP contribution in [0.4, 0.5) is 0 Å². The number of amides is 1. The molecule has 23 heavy (non-hydrogen) atoms. The van der Waals surface area contributed by atoms with E-state index < -0.39 is 0 Å². The number of hydrogen-bond acceptors (Lipinski definition) is 5. The number of fused-ring (bicyclic) bond motifs is 1. The van der Waals surface area contributed by atoms with Gasteiger partial charge in [0, 0.05) is 24.8 Å². The van der Waals surface area contributed by atoms with Crippen LogP contribution in [-0.2, 0) is 0 Å². The molecule has 0 aromatic carbocycles. The summed E-state index contributed by atoms with van der Waals surface area (Å²) < 4.78 is 5.13. The van der Waals surface area contributed by atoms with E-state index in [2.05, 4.69) is 27.0 Å². The number of aromatic nitrogens is 2. The fraction of sp³-hybridized carbons (Fsp3) is 0.588. The summed E-state index contributed by atoms with van der Waals surface area (Å²) in [6, 6.07) is 2.69. The minimum absolute atomic E-state index is 0.0859. The number of likely N-dealkylation sites (N-methyl/N-ethyl adjacent to an activating group) is 1. The van der Waals surface area contributed by atoms with E-state index in [1.54, 1.807) is 6.20 Å². The monoisotopic (exact) mass is 314 g/mol. The highest BCUT2D eigenvalue weighted by Crippen LogP contribution is 2.30. The van der Waals surface area contributed by atoms with Gasteiger partial charge >= 0.3 is 0 Å². The molecule has 4 heterocycles. The zero-order chi connectivity index (χ0) is 16.0. The largest absolute Gasteiger partial charge is 0.336 e. The average Bonchev–Trinajstić information content (AvgIpc) is 3.26. The van der Waals surface area contributed by atoms with Crippen LogP contribution in [0.2, 0.25) is 0 Å². The maximum atomic E-state index is 13.0. The van der Waals surface area contributed by atoms with Crippen molar-refractivity contribution in [2.75, 3.05) is 20.1 Å². The molecule has 0 aliphatic carbocycles. The number of hydrogen-bond donors (Lipinski definition) is 0. The molecule has 2 aromatic rings.